The topological polar surface area (TPSA) is 15.3 Å². The summed E-state index contributed by atoms with van der Waals surface area (Å²) in [4.78, 5) is 2.32. The van der Waals surface area contributed by atoms with Crippen molar-refractivity contribution < 1.29 is 4.39 Å². The number of nitrogens with zero attached hydrogens (tertiary/aromatic N) is 1. The van der Waals surface area contributed by atoms with Crippen LogP contribution in [0, 0.1) is 12.7 Å². The first kappa shape index (κ1) is 16.7. The molecule has 0 saturated carbocycles. The molecule has 19 heavy (non-hydrogen) atoms. The van der Waals surface area contributed by atoms with Gasteiger partial charge in [-0.1, -0.05) is 24.6 Å². The van der Waals surface area contributed by atoms with Gasteiger partial charge in [0.05, 0.1) is 0 Å². The van der Waals surface area contributed by atoms with E-state index in [9.17, 15) is 4.39 Å². The van der Waals surface area contributed by atoms with Gasteiger partial charge in [0.1, 0.15) is 5.82 Å². The van der Waals surface area contributed by atoms with Crippen LogP contribution in [0.3, 0.4) is 0 Å². The smallest absolute Gasteiger partial charge is 0.132 e. The highest BCUT2D eigenvalue weighted by Gasteiger charge is 2.25. The van der Waals surface area contributed by atoms with E-state index in [4.69, 9.17) is 11.6 Å². The number of aryl methyl sites for hydroxylation is 1. The highest BCUT2D eigenvalue weighted by atomic mass is 35.5. The first-order valence-corrected chi connectivity index (χ1v) is 6.92. The third-order valence-corrected chi connectivity index (χ3v) is 3.96. The molecule has 0 spiro atoms. The molecule has 1 atom stereocenters. The van der Waals surface area contributed by atoms with Gasteiger partial charge in [0.15, 0.2) is 0 Å². The lowest BCUT2D eigenvalue weighted by molar-refractivity contribution is 0.166. The van der Waals surface area contributed by atoms with E-state index < -0.39 is 0 Å². The van der Waals surface area contributed by atoms with Crippen LogP contribution in [0.1, 0.15) is 30.5 Å². The van der Waals surface area contributed by atoms with E-state index >= 15 is 0 Å². The predicted molar refractivity (Wildman–Crippen MR) is 80.9 cm³/mol. The Morgan fingerprint density at radius 1 is 1.37 bits per heavy atom. The van der Waals surface area contributed by atoms with Crippen molar-refractivity contribution in [1.29, 1.82) is 0 Å². The van der Waals surface area contributed by atoms with Crippen molar-refractivity contribution in [3.63, 3.8) is 0 Å². The molecule has 1 heterocycles. The molecule has 0 bridgehead atoms. The minimum absolute atomic E-state index is 0. The maximum absolute atomic E-state index is 14.3. The summed E-state index contributed by atoms with van der Waals surface area (Å²) in [6.07, 6.45) is 0.875. The third kappa shape index (κ3) is 3.60. The monoisotopic (exact) mass is 306 g/mol. The summed E-state index contributed by atoms with van der Waals surface area (Å²) in [5.41, 5.74) is 1.34. The Balaban J connectivity index is 0.00000180. The lowest BCUT2D eigenvalue weighted by Gasteiger charge is -2.35. The highest BCUT2D eigenvalue weighted by molar-refractivity contribution is 6.31. The normalized spacial score (nSPS) is 17.9. The van der Waals surface area contributed by atoms with Crippen molar-refractivity contribution in [1.82, 2.24) is 10.2 Å². The third-order valence-electron chi connectivity index (χ3n) is 3.63. The molecule has 2 rings (SSSR count). The van der Waals surface area contributed by atoms with Gasteiger partial charge < -0.3 is 5.32 Å². The molecule has 1 saturated heterocycles. The van der Waals surface area contributed by atoms with Gasteiger partial charge in [0, 0.05) is 42.8 Å². The number of hydrogen-bond donors (Lipinski definition) is 1. The molecular formula is C14H21Cl2FN2. The summed E-state index contributed by atoms with van der Waals surface area (Å²) < 4.78 is 14.3. The molecule has 0 unspecified atom stereocenters. The Hall–Kier alpha value is -0.350. The number of piperazine rings is 1. The lowest BCUT2D eigenvalue weighted by Crippen LogP contribution is -2.45. The summed E-state index contributed by atoms with van der Waals surface area (Å²) >= 11 is 6.21. The minimum atomic E-state index is -0.145. The van der Waals surface area contributed by atoms with Crippen molar-refractivity contribution in [2.75, 3.05) is 26.2 Å². The lowest BCUT2D eigenvalue weighted by atomic mass is 9.99. The Labute approximate surface area is 125 Å². The quantitative estimate of drug-likeness (QED) is 0.918. The van der Waals surface area contributed by atoms with Gasteiger partial charge >= 0.3 is 0 Å². The van der Waals surface area contributed by atoms with Gasteiger partial charge in [-0.3, -0.25) is 4.90 Å². The molecule has 0 aromatic heterocycles. The van der Waals surface area contributed by atoms with Crippen LogP contribution in [0.25, 0.3) is 0 Å². The average Bonchev–Trinajstić information content (AvgIpc) is 2.40. The first-order chi connectivity index (χ1) is 8.65. The number of rotatable bonds is 3. The van der Waals surface area contributed by atoms with E-state index in [1.807, 2.05) is 0 Å². The van der Waals surface area contributed by atoms with Crippen LogP contribution >= 0.6 is 24.0 Å². The van der Waals surface area contributed by atoms with E-state index in [0.717, 1.165) is 32.6 Å². The molecule has 1 aliphatic rings. The van der Waals surface area contributed by atoms with Crippen LogP contribution in [0.15, 0.2) is 12.1 Å². The van der Waals surface area contributed by atoms with Crippen molar-refractivity contribution in [3.8, 4) is 0 Å². The maximum Gasteiger partial charge on any atom is 0.132 e. The van der Waals surface area contributed by atoms with Crippen LogP contribution in [0.2, 0.25) is 5.02 Å². The van der Waals surface area contributed by atoms with Gasteiger partial charge in [-0.25, -0.2) is 4.39 Å². The summed E-state index contributed by atoms with van der Waals surface area (Å²) in [6, 6.07) is 3.63. The van der Waals surface area contributed by atoms with Crippen molar-refractivity contribution in [3.05, 3.63) is 34.1 Å². The summed E-state index contributed by atoms with van der Waals surface area (Å²) in [6.45, 7) is 7.69. The van der Waals surface area contributed by atoms with Gasteiger partial charge in [-0.2, -0.15) is 0 Å². The maximum atomic E-state index is 14.3. The fourth-order valence-electron chi connectivity index (χ4n) is 2.62. The number of nitrogens with one attached hydrogen (secondary N) is 1. The number of hydrogen-bond acceptors (Lipinski definition) is 2. The average molecular weight is 307 g/mol. The zero-order valence-corrected chi connectivity index (χ0v) is 13.0. The molecule has 1 N–H and O–H groups in total. The molecule has 0 aliphatic carbocycles. The van der Waals surface area contributed by atoms with Crippen LogP contribution in [-0.4, -0.2) is 31.1 Å². The number of halogens is 3. The van der Waals surface area contributed by atoms with Gasteiger partial charge in [-0.05, 0) is 25.0 Å². The zero-order valence-electron chi connectivity index (χ0n) is 11.4. The van der Waals surface area contributed by atoms with Gasteiger partial charge in [0.25, 0.3) is 0 Å². The second-order valence-electron chi connectivity index (χ2n) is 4.80. The summed E-state index contributed by atoms with van der Waals surface area (Å²) in [7, 11) is 0. The standard InChI is InChI=1S/C14H20ClFN2.ClH/c1-3-12(18-8-6-17-7-9-18)13-11(15)5-4-10(2)14(13)16;/h4-5,12,17H,3,6-9H2,1-2H3;1H/t12-;/m1./s1. The first-order valence-electron chi connectivity index (χ1n) is 6.54. The molecule has 1 aromatic carbocycles. The van der Waals surface area contributed by atoms with E-state index in [1.165, 1.54) is 0 Å². The molecule has 0 amide bonds. The van der Waals surface area contributed by atoms with Crippen molar-refractivity contribution in [2.24, 2.45) is 0 Å². The van der Waals surface area contributed by atoms with Gasteiger partial charge in [-0.15, -0.1) is 12.4 Å². The Kier molecular flexibility index (Phi) is 6.54. The van der Waals surface area contributed by atoms with Crippen LogP contribution in [0.5, 0.6) is 0 Å². The second-order valence-corrected chi connectivity index (χ2v) is 5.21. The molecule has 108 valence electrons. The van der Waals surface area contributed by atoms with Crippen LogP contribution in [0.4, 0.5) is 4.39 Å². The molecule has 0 radical (unpaired) electrons. The van der Waals surface area contributed by atoms with E-state index in [-0.39, 0.29) is 24.3 Å². The molecule has 1 aliphatic heterocycles. The van der Waals surface area contributed by atoms with Crippen LogP contribution < -0.4 is 5.32 Å². The SMILES string of the molecule is CC[C@H](c1c(Cl)ccc(C)c1F)N1CCNCC1.Cl. The minimum Gasteiger partial charge on any atom is -0.314 e. The van der Waals surface area contributed by atoms with Crippen molar-refractivity contribution in [2.45, 2.75) is 26.3 Å². The second kappa shape index (κ2) is 7.44. The highest BCUT2D eigenvalue weighted by Crippen LogP contribution is 2.33. The molecule has 2 nitrogen and oxygen atoms in total. The van der Waals surface area contributed by atoms with Gasteiger partial charge in [0.2, 0.25) is 0 Å². The Bertz CT molecular complexity index is 420. The van der Waals surface area contributed by atoms with Crippen LogP contribution in [-0.2, 0) is 0 Å². The summed E-state index contributed by atoms with van der Waals surface area (Å²) in [5, 5.41) is 3.86. The molecule has 5 heteroatoms. The van der Waals surface area contributed by atoms with E-state index in [1.54, 1.807) is 19.1 Å². The molecule has 1 aromatic rings. The predicted octanol–water partition coefficient (Wildman–Crippen LogP) is 3.57. The zero-order chi connectivity index (χ0) is 13.1. The fourth-order valence-corrected chi connectivity index (χ4v) is 2.89. The Morgan fingerprint density at radius 2 is 2.00 bits per heavy atom. The van der Waals surface area contributed by atoms with E-state index in [2.05, 4.69) is 17.1 Å². The fraction of sp³-hybridized carbons (Fsp3) is 0.571. The molecule has 1 fully saturated rings. The van der Waals surface area contributed by atoms with Crippen molar-refractivity contribution >= 4 is 24.0 Å². The Morgan fingerprint density at radius 3 is 2.58 bits per heavy atom. The molecular weight excluding hydrogens is 286 g/mol. The number of benzene rings is 1. The largest absolute Gasteiger partial charge is 0.314 e. The van der Waals surface area contributed by atoms with E-state index in [0.29, 0.717) is 16.1 Å². The summed E-state index contributed by atoms with van der Waals surface area (Å²) in [5.74, 6) is -0.145.